The molecule has 0 radical (unpaired) electrons. The van der Waals surface area contributed by atoms with Crippen LogP contribution >= 0.6 is 0 Å². The third-order valence-corrected chi connectivity index (χ3v) is 3.92. The van der Waals surface area contributed by atoms with Gasteiger partial charge in [0.1, 0.15) is 6.10 Å². The average molecular weight is 332 g/mol. The number of aliphatic imine (C=N–C) groups is 1. The van der Waals surface area contributed by atoms with Crippen molar-refractivity contribution in [3.8, 4) is 0 Å². The zero-order valence-corrected chi connectivity index (χ0v) is 14.6. The number of benzene rings is 1. The van der Waals surface area contributed by atoms with Crippen LogP contribution in [0.3, 0.4) is 0 Å². The van der Waals surface area contributed by atoms with E-state index in [1.54, 1.807) is 7.05 Å². The zero-order chi connectivity index (χ0) is 17.2. The predicted octanol–water partition coefficient (Wildman–Crippen LogP) is 2.27. The van der Waals surface area contributed by atoms with Gasteiger partial charge in [-0.3, -0.25) is 9.79 Å². The summed E-state index contributed by atoms with van der Waals surface area (Å²) < 4.78 is 5.41. The first-order valence-electron chi connectivity index (χ1n) is 8.69. The van der Waals surface area contributed by atoms with Crippen molar-refractivity contribution in [2.45, 2.75) is 45.3 Å². The average Bonchev–Trinajstić information content (AvgIpc) is 3.13. The highest BCUT2D eigenvalue weighted by Crippen LogP contribution is 2.16. The standard InChI is InChI=1S/C18H28N4O2/c1-3-4-10-20-18(19-2)21-13-14-7-5-8-15(12-14)22-17(23)16-9-6-11-24-16/h5,7-8,12,16H,3-4,6,9-11,13H2,1-2H3,(H,22,23)(H2,19,20,21). The normalized spacial score (nSPS) is 17.6. The number of ether oxygens (including phenoxy) is 1. The Bertz CT molecular complexity index is 554. The summed E-state index contributed by atoms with van der Waals surface area (Å²) in [4.78, 5) is 16.3. The van der Waals surface area contributed by atoms with Gasteiger partial charge in [0, 0.05) is 32.4 Å². The van der Waals surface area contributed by atoms with Crippen LogP contribution in [0, 0.1) is 0 Å². The van der Waals surface area contributed by atoms with Gasteiger partial charge in [0.2, 0.25) is 0 Å². The molecule has 1 atom stereocenters. The van der Waals surface area contributed by atoms with Crippen LogP contribution in [-0.4, -0.2) is 38.2 Å². The van der Waals surface area contributed by atoms with Crippen LogP contribution in [0.4, 0.5) is 5.69 Å². The Balaban J connectivity index is 1.84. The van der Waals surface area contributed by atoms with Gasteiger partial charge in [-0.05, 0) is 37.0 Å². The van der Waals surface area contributed by atoms with E-state index in [2.05, 4.69) is 27.9 Å². The molecule has 1 fully saturated rings. The SMILES string of the molecule is CCCCNC(=NC)NCc1cccc(NC(=O)C2CCCO2)c1. The van der Waals surface area contributed by atoms with Gasteiger partial charge in [-0.25, -0.2) is 0 Å². The number of carbonyl (C=O) groups is 1. The molecule has 1 aromatic rings. The smallest absolute Gasteiger partial charge is 0.253 e. The first kappa shape index (κ1) is 18.3. The molecule has 1 aromatic carbocycles. The van der Waals surface area contributed by atoms with Crippen molar-refractivity contribution in [1.29, 1.82) is 0 Å². The molecule has 3 N–H and O–H groups in total. The molecule has 6 heteroatoms. The predicted molar refractivity (Wildman–Crippen MR) is 97.2 cm³/mol. The lowest BCUT2D eigenvalue weighted by atomic mass is 10.2. The Labute approximate surface area is 144 Å². The number of rotatable bonds is 7. The second-order valence-corrected chi connectivity index (χ2v) is 5.90. The Morgan fingerprint density at radius 2 is 2.25 bits per heavy atom. The highest BCUT2D eigenvalue weighted by Gasteiger charge is 2.23. The van der Waals surface area contributed by atoms with E-state index in [1.807, 2.05) is 24.3 Å². The number of hydrogen-bond acceptors (Lipinski definition) is 3. The Morgan fingerprint density at radius 3 is 2.96 bits per heavy atom. The zero-order valence-electron chi connectivity index (χ0n) is 14.6. The summed E-state index contributed by atoms with van der Waals surface area (Å²) in [5, 5.41) is 9.49. The Kier molecular flexibility index (Phi) is 7.55. The largest absolute Gasteiger partial charge is 0.368 e. The molecule has 6 nitrogen and oxygen atoms in total. The number of unbranched alkanes of at least 4 members (excludes halogenated alkanes) is 1. The third kappa shape index (κ3) is 5.85. The van der Waals surface area contributed by atoms with Crippen molar-refractivity contribution in [3.05, 3.63) is 29.8 Å². The van der Waals surface area contributed by atoms with E-state index in [9.17, 15) is 4.79 Å². The molecule has 1 aliphatic heterocycles. The lowest BCUT2D eigenvalue weighted by molar-refractivity contribution is -0.124. The highest BCUT2D eigenvalue weighted by molar-refractivity contribution is 5.94. The van der Waals surface area contributed by atoms with Gasteiger partial charge in [0.25, 0.3) is 5.91 Å². The number of anilines is 1. The molecule has 0 aromatic heterocycles. The van der Waals surface area contributed by atoms with E-state index in [-0.39, 0.29) is 12.0 Å². The molecule has 1 saturated heterocycles. The summed E-state index contributed by atoms with van der Waals surface area (Å²) in [6.07, 6.45) is 3.70. The van der Waals surface area contributed by atoms with Crippen LogP contribution in [0.1, 0.15) is 38.2 Å². The van der Waals surface area contributed by atoms with E-state index >= 15 is 0 Å². The Morgan fingerprint density at radius 1 is 1.38 bits per heavy atom. The molecule has 0 aliphatic carbocycles. The van der Waals surface area contributed by atoms with Gasteiger partial charge >= 0.3 is 0 Å². The van der Waals surface area contributed by atoms with Crippen molar-refractivity contribution in [1.82, 2.24) is 10.6 Å². The minimum absolute atomic E-state index is 0.0605. The van der Waals surface area contributed by atoms with E-state index in [4.69, 9.17) is 4.74 Å². The highest BCUT2D eigenvalue weighted by atomic mass is 16.5. The van der Waals surface area contributed by atoms with Gasteiger partial charge in [-0.1, -0.05) is 25.5 Å². The van der Waals surface area contributed by atoms with Gasteiger partial charge < -0.3 is 20.7 Å². The van der Waals surface area contributed by atoms with E-state index < -0.39 is 0 Å². The molecule has 0 saturated carbocycles. The number of hydrogen-bond donors (Lipinski definition) is 3. The molecule has 0 bridgehead atoms. The fourth-order valence-corrected chi connectivity index (χ4v) is 2.56. The van der Waals surface area contributed by atoms with Crippen molar-refractivity contribution in [3.63, 3.8) is 0 Å². The van der Waals surface area contributed by atoms with E-state index in [0.717, 1.165) is 49.4 Å². The van der Waals surface area contributed by atoms with Crippen LogP contribution in [0.2, 0.25) is 0 Å². The number of nitrogens with one attached hydrogen (secondary N) is 3. The minimum atomic E-state index is -0.312. The monoisotopic (exact) mass is 332 g/mol. The minimum Gasteiger partial charge on any atom is -0.368 e. The van der Waals surface area contributed by atoms with Gasteiger partial charge in [-0.15, -0.1) is 0 Å². The van der Waals surface area contributed by atoms with Gasteiger partial charge in [0.15, 0.2) is 5.96 Å². The summed E-state index contributed by atoms with van der Waals surface area (Å²) in [5.41, 5.74) is 1.88. The maximum Gasteiger partial charge on any atom is 0.253 e. The fourth-order valence-electron chi connectivity index (χ4n) is 2.56. The topological polar surface area (TPSA) is 74.8 Å². The molecule has 1 heterocycles. The third-order valence-electron chi connectivity index (χ3n) is 3.92. The molecule has 2 rings (SSSR count). The number of carbonyl (C=O) groups excluding carboxylic acids is 1. The second kappa shape index (κ2) is 9.93. The van der Waals surface area contributed by atoms with Crippen molar-refractivity contribution in [2.24, 2.45) is 4.99 Å². The quantitative estimate of drug-likeness (QED) is 0.407. The van der Waals surface area contributed by atoms with Crippen LogP contribution in [-0.2, 0) is 16.1 Å². The van der Waals surface area contributed by atoms with Crippen LogP contribution < -0.4 is 16.0 Å². The lowest BCUT2D eigenvalue weighted by Crippen LogP contribution is -2.37. The van der Waals surface area contributed by atoms with E-state index in [0.29, 0.717) is 13.2 Å². The van der Waals surface area contributed by atoms with Gasteiger partial charge in [0.05, 0.1) is 0 Å². The molecule has 1 unspecified atom stereocenters. The summed E-state index contributed by atoms with van der Waals surface area (Å²) in [6, 6.07) is 7.83. The van der Waals surface area contributed by atoms with Crippen molar-refractivity contribution < 1.29 is 9.53 Å². The first-order valence-corrected chi connectivity index (χ1v) is 8.69. The fraction of sp³-hybridized carbons (Fsp3) is 0.556. The Hall–Kier alpha value is -2.08. The maximum absolute atomic E-state index is 12.1. The van der Waals surface area contributed by atoms with Gasteiger partial charge in [-0.2, -0.15) is 0 Å². The molecule has 24 heavy (non-hydrogen) atoms. The van der Waals surface area contributed by atoms with Crippen LogP contribution in [0.5, 0.6) is 0 Å². The summed E-state index contributed by atoms with van der Waals surface area (Å²) in [5.74, 6) is 0.729. The summed E-state index contributed by atoms with van der Waals surface area (Å²) >= 11 is 0. The molecule has 1 amide bonds. The van der Waals surface area contributed by atoms with Crippen molar-refractivity contribution in [2.75, 3.05) is 25.5 Å². The first-order chi connectivity index (χ1) is 11.7. The lowest BCUT2D eigenvalue weighted by Gasteiger charge is -2.13. The van der Waals surface area contributed by atoms with E-state index in [1.165, 1.54) is 0 Å². The van der Waals surface area contributed by atoms with Crippen LogP contribution in [0.25, 0.3) is 0 Å². The van der Waals surface area contributed by atoms with Crippen LogP contribution in [0.15, 0.2) is 29.3 Å². The molecule has 132 valence electrons. The second-order valence-electron chi connectivity index (χ2n) is 5.90. The summed E-state index contributed by atoms with van der Waals surface area (Å²) in [7, 11) is 1.76. The molecule has 1 aliphatic rings. The molecular formula is C18H28N4O2. The number of nitrogens with zero attached hydrogens (tertiary/aromatic N) is 1. The number of amides is 1. The number of guanidine groups is 1. The van der Waals surface area contributed by atoms with Crippen molar-refractivity contribution >= 4 is 17.6 Å². The summed E-state index contributed by atoms with van der Waals surface area (Å²) in [6.45, 7) is 4.39. The molecule has 0 spiro atoms. The maximum atomic E-state index is 12.1. The molecular weight excluding hydrogens is 304 g/mol.